The molecule has 1 N–H and O–H groups in total. The average molecular weight is 342 g/mol. The van der Waals surface area contributed by atoms with Crippen LogP contribution >= 0.6 is 35.0 Å². The van der Waals surface area contributed by atoms with E-state index in [0.717, 1.165) is 4.90 Å². The van der Waals surface area contributed by atoms with Gasteiger partial charge in [-0.05, 0) is 42.7 Å². The highest BCUT2D eigenvalue weighted by molar-refractivity contribution is 7.98. The van der Waals surface area contributed by atoms with Gasteiger partial charge in [0.15, 0.2) is 0 Å². The van der Waals surface area contributed by atoms with Gasteiger partial charge in [-0.25, -0.2) is 0 Å². The Kier molecular flexibility index (Phi) is 5.39. The lowest BCUT2D eigenvalue weighted by atomic mass is 10.2. The lowest BCUT2D eigenvalue weighted by molar-refractivity contribution is 0.102. The summed E-state index contributed by atoms with van der Waals surface area (Å²) in [6, 6.07) is 10.3. The Labute approximate surface area is 137 Å². The molecule has 0 aliphatic carbocycles. The monoisotopic (exact) mass is 341 g/mol. The van der Waals surface area contributed by atoms with E-state index in [1.54, 1.807) is 36.0 Å². The number of methoxy groups -OCH3 is 1. The molecule has 0 fully saturated rings. The molecule has 6 heteroatoms. The number of nitrogens with one attached hydrogen (secondary N) is 1. The van der Waals surface area contributed by atoms with Crippen LogP contribution in [0.15, 0.2) is 41.3 Å². The quantitative estimate of drug-likeness (QED) is 0.797. The zero-order valence-electron chi connectivity index (χ0n) is 11.4. The summed E-state index contributed by atoms with van der Waals surface area (Å²) >= 11 is 13.5. The first kappa shape index (κ1) is 16.0. The zero-order chi connectivity index (χ0) is 15.4. The van der Waals surface area contributed by atoms with E-state index in [1.165, 1.54) is 7.11 Å². The molecule has 110 valence electrons. The SMILES string of the molecule is COc1cc(SC)ccc1C(=O)Nc1cc(Cl)ccc1Cl. The van der Waals surface area contributed by atoms with Crippen molar-refractivity contribution < 1.29 is 9.53 Å². The predicted octanol–water partition coefficient (Wildman–Crippen LogP) is 4.98. The Morgan fingerprint density at radius 2 is 1.95 bits per heavy atom. The first-order chi connectivity index (χ1) is 10.0. The van der Waals surface area contributed by atoms with Crippen molar-refractivity contribution in [3.8, 4) is 5.75 Å². The van der Waals surface area contributed by atoms with E-state index in [4.69, 9.17) is 27.9 Å². The maximum Gasteiger partial charge on any atom is 0.259 e. The molecule has 0 radical (unpaired) electrons. The van der Waals surface area contributed by atoms with Crippen molar-refractivity contribution in [3.63, 3.8) is 0 Å². The number of ether oxygens (including phenoxy) is 1. The molecule has 0 spiro atoms. The number of carbonyl (C=O) groups is 1. The van der Waals surface area contributed by atoms with E-state index in [2.05, 4.69) is 5.32 Å². The Hall–Kier alpha value is -1.36. The van der Waals surface area contributed by atoms with Gasteiger partial charge in [-0.2, -0.15) is 0 Å². The third-order valence-electron chi connectivity index (χ3n) is 2.83. The van der Waals surface area contributed by atoms with Crippen molar-refractivity contribution in [2.75, 3.05) is 18.7 Å². The maximum absolute atomic E-state index is 12.4. The topological polar surface area (TPSA) is 38.3 Å². The van der Waals surface area contributed by atoms with E-state index in [1.807, 2.05) is 18.4 Å². The smallest absolute Gasteiger partial charge is 0.259 e. The molecule has 0 saturated carbocycles. The van der Waals surface area contributed by atoms with Crippen molar-refractivity contribution in [1.82, 2.24) is 0 Å². The fourth-order valence-corrected chi connectivity index (χ4v) is 2.53. The minimum atomic E-state index is -0.302. The molecule has 0 unspecified atom stereocenters. The summed E-state index contributed by atoms with van der Waals surface area (Å²) in [5.74, 6) is 0.209. The van der Waals surface area contributed by atoms with Gasteiger partial charge >= 0.3 is 0 Å². The summed E-state index contributed by atoms with van der Waals surface area (Å²) in [7, 11) is 1.53. The van der Waals surface area contributed by atoms with Crippen LogP contribution in [0, 0.1) is 0 Å². The van der Waals surface area contributed by atoms with Crippen LogP contribution in [0.4, 0.5) is 5.69 Å². The molecular weight excluding hydrogens is 329 g/mol. The fourth-order valence-electron chi connectivity index (χ4n) is 1.77. The summed E-state index contributed by atoms with van der Waals surface area (Å²) in [5.41, 5.74) is 0.900. The second kappa shape index (κ2) is 7.07. The zero-order valence-corrected chi connectivity index (χ0v) is 13.8. The first-order valence-electron chi connectivity index (χ1n) is 6.03. The molecule has 3 nitrogen and oxygen atoms in total. The average Bonchev–Trinajstić information content (AvgIpc) is 2.50. The van der Waals surface area contributed by atoms with Crippen molar-refractivity contribution in [2.24, 2.45) is 0 Å². The van der Waals surface area contributed by atoms with E-state index in [-0.39, 0.29) is 5.91 Å². The number of thioether (sulfide) groups is 1. The van der Waals surface area contributed by atoms with Gasteiger partial charge in [-0.1, -0.05) is 23.2 Å². The lowest BCUT2D eigenvalue weighted by Crippen LogP contribution is -2.13. The molecule has 0 bridgehead atoms. The molecule has 2 rings (SSSR count). The minimum absolute atomic E-state index is 0.302. The van der Waals surface area contributed by atoms with Gasteiger partial charge in [0.05, 0.1) is 23.4 Å². The molecule has 0 aromatic heterocycles. The van der Waals surface area contributed by atoms with E-state index >= 15 is 0 Å². The molecule has 0 heterocycles. The molecule has 2 aromatic carbocycles. The number of amides is 1. The maximum atomic E-state index is 12.4. The highest BCUT2D eigenvalue weighted by Gasteiger charge is 2.14. The van der Waals surface area contributed by atoms with Crippen LogP contribution < -0.4 is 10.1 Å². The summed E-state index contributed by atoms with van der Waals surface area (Å²) in [4.78, 5) is 13.4. The highest BCUT2D eigenvalue weighted by atomic mass is 35.5. The van der Waals surface area contributed by atoms with Crippen LogP contribution in [-0.4, -0.2) is 19.3 Å². The molecule has 2 aromatic rings. The Morgan fingerprint density at radius 1 is 1.19 bits per heavy atom. The van der Waals surface area contributed by atoms with Crippen molar-refractivity contribution in [2.45, 2.75) is 4.90 Å². The predicted molar refractivity (Wildman–Crippen MR) is 89.2 cm³/mol. The standard InChI is InChI=1S/C15H13Cl2NO2S/c1-20-14-8-10(21-2)4-5-11(14)15(19)18-13-7-9(16)3-6-12(13)17/h3-8H,1-2H3,(H,18,19). The van der Waals surface area contributed by atoms with Crippen LogP contribution in [0.2, 0.25) is 10.0 Å². The molecule has 0 aliphatic rings. The Bertz CT molecular complexity index is 677. The van der Waals surface area contributed by atoms with Gasteiger partial charge in [-0.15, -0.1) is 11.8 Å². The first-order valence-corrected chi connectivity index (χ1v) is 8.01. The van der Waals surface area contributed by atoms with Gasteiger partial charge in [0.2, 0.25) is 0 Å². The summed E-state index contributed by atoms with van der Waals surface area (Å²) < 4.78 is 5.27. The Balaban J connectivity index is 2.30. The van der Waals surface area contributed by atoms with Crippen LogP contribution in [0.3, 0.4) is 0 Å². The fraction of sp³-hybridized carbons (Fsp3) is 0.133. The van der Waals surface area contributed by atoms with Crippen LogP contribution in [-0.2, 0) is 0 Å². The second-order valence-corrected chi connectivity index (χ2v) is 5.87. The molecule has 1 amide bonds. The van der Waals surface area contributed by atoms with E-state index in [9.17, 15) is 4.79 Å². The van der Waals surface area contributed by atoms with Gasteiger partial charge in [0.25, 0.3) is 5.91 Å². The Morgan fingerprint density at radius 3 is 2.62 bits per heavy atom. The van der Waals surface area contributed by atoms with Gasteiger partial charge in [-0.3, -0.25) is 4.79 Å². The van der Waals surface area contributed by atoms with Crippen molar-refractivity contribution in [3.05, 3.63) is 52.0 Å². The second-order valence-electron chi connectivity index (χ2n) is 4.14. The number of hydrogen-bond acceptors (Lipinski definition) is 3. The molecule has 21 heavy (non-hydrogen) atoms. The number of anilines is 1. The number of halogens is 2. The van der Waals surface area contributed by atoms with Crippen LogP contribution in [0.5, 0.6) is 5.75 Å². The van der Waals surface area contributed by atoms with Gasteiger partial charge < -0.3 is 10.1 Å². The number of hydrogen-bond donors (Lipinski definition) is 1. The minimum Gasteiger partial charge on any atom is -0.496 e. The summed E-state index contributed by atoms with van der Waals surface area (Å²) in [6.07, 6.45) is 1.96. The van der Waals surface area contributed by atoms with Crippen molar-refractivity contribution >= 4 is 46.6 Å². The number of benzene rings is 2. The number of carbonyl (C=O) groups excluding carboxylic acids is 1. The molecule has 0 atom stereocenters. The summed E-state index contributed by atoms with van der Waals surface area (Å²) in [6.45, 7) is 0. The molecule has 0 saturated heterocycles. The third-order valence-corrected chi connectivity index (χ3v) is 4.12. The molecule has 0 aliphatic heterocycles. The van der Waals surface area contributed by atoms with Gasteiger partial charge in [0.1, 0.15) is 5.75 Å². The van der Waals surface area contributed by atoms with Crippen LogP contribution in [0.1, 0.15) is 10.4 Å². The largest absolute Gasteiger partial charge is 0.496 e. The summed E-state index contributed by atoms with van der Waals surface area (Å²) in [5, 5.41) is 3.66. The highest BCUT2D eigenvalue weighted by Crippen LogP contribution is 2.29. The third kappa shape index (κ3) is 3.84. The van der Waals surface area contributed by atoms with E-state index in [0.29, 0.717) is 27.0 Å². The van der Waals surface area contributed by atoms with E-state index < -0.39 is 0 Å². The molecular formula is C15H13Cl2NO2S. The normalized spacial score (nSPS) is 10.3. The van der Waals surface area contributed by atoms with Crippen LogP contribution in [0.25, 0.3) is 0 Å². The number of rotatable bonds is 4. The van der Waals surface area contributed by atoms with Gasteiger partial charge in [0, 0.05) is 9.92 Å². The van der Waals surface area contributed by atoms with Crippen molar-refractivity contribution in [1.29, 1.82) is 0 Å². The lowest BCUT2D eigenvalue weighted by Gasteiger charge is -2.11.